The summed E-state index contributed by atoms with van der Waals surface area (Å²) in [4.78, 5) is 29.0. The van der Waals surface area contributed by atoms with Crippen molar-refractivity contribution in [3.8, 4) is 0 Å². The topological polar surface area (TPSA) is 71.1 Å². The molecule has 0 fully saturated rings. The van der Waals surface area contributed by atoms with E-state index in [9.17, 15) is 9.59 Å². The smallest absolute Gasteiger partial charge is 0.257 e. The zero-order valence-electron chi connectivity index (χ0n) is 15.8. The van der Waals surface area contributed by atoms with Gasteiger partial charge in [0.05, 0.1) is 11.6 Å². The van der Waals surface area contributed by atoms with Crippen LogP contribution in [0.15, 0.2) is 79.1 Å². The molecule has 2 N–H and O–H groups in total. The number of carbonyl (C=O) groups excluding carboxylic acids is 2. The Morgan fingerprint density at radius 1 is 0.929 bits per heavy atom. The van der Waals surface area contributed by atoms with Gasteiger partial charge in [-0.3, -0.25) is 14.6 Å². The van der Waals surface area contributed by atoms with E-state index < -0.39 is 0 Å². The Labute approximate surface area is 164 Å². The minimum Gasteiger partial charge on any atom is -0.345 e. The van der Waals surface area contributed by atoms with Gasteiger partial charge in [-0.05, 0) is 42.3 Å². The quantitative estimate of drug-likeness (QED) is 0.635. The van der Waals surface area contributed by atoms with E-state index in [0.29, 0.717) is 16.8 Å². The van der Waals surface area contributed by atoms with Gasteiger partial charge >= 0.3 is 0 Å². The summed E-state index contributed by atoms with van der Waals surface area (Å²) in [7, 11) is 0. The summed E-state index contributed by atoms with van der Waals surface area (Å²) < 4.78 is 0. The summed E-state index contributed by atoms with van der Waals surface area (Å²) in [6.07, 6.45) is 4.93. The van der Waals surface area contributed by atoms with Gasteiger partial charge < -0.3 is 10.6 Å². The van der Waals surface area contributed by atoms with Gasteiger partial charge in [-0.2, -0.15) is 0 Å². The predicted molar refractivity (Wildman–Crippen MR) is 110 cm³/mol. The van der Waals surface area contributed by atoms with Crippen LogP contribution >= 0.6 is 0 Å². The highest BCUT2D eigenvalue weighted by Gasteiger charge is 2.15. The Morgan fingerprint density at radius 2 is 1.71 bits per heavy atom. The number of anilines is 1. The molecule has 0 saturated heterocycles. The van der Waals surface area contributed by atoms with Gasteiger partial charge in [0, 0.05) is 23.6 Å². The van der Waals surface area contributed by atoms with Crippen LogP contribution in [0.5, 0.6) is 0 Å². The summed E-state index contributed by atoms with van der Waals surface area (Å²) in [5.41, 5.74) is 2.61. The molecule has 0 aliphatic carbocycles. The van der Waals surface area contributed by atoms with E-state index in [1.807, 2.05) is 30.3 Å². The van der Waals surface area contributed by atoms with Crippen LogP contribution in [0, 0.1) is 0 Å². The van der Waals surface area contributed by atoms with Crippen LogP contribution in [0.3, 0.4) is 0 Å². The highest BCUT2D eigenvalue weighted by molar-refractivity contribution is 6.04. The van der Waals surface area contributed by atoms with Gasteiger partial charge in [-0.1, -0.05) is 49.7 Å². The maximum Gasteiger partial charge on any atom is 0.257 e. The molecule has 3 aromatic rings. The van der Waals surface area contributed by atoms with E-state index in [-0.39, 0.29) is 17.9 Å². The molecule has 3 rings (SSSR count). The molecule has 0 spiro atoms. The third-order valence-electron chi connectivity index (χ3n) is 4.39. The van der Waals surface area contributed by atoms with E-state index in [4.69, 9.17) is 0 Å². The summed E-state index contributed by atoms with van der Waals surface area (Å²) in [5.74, 6) is -0.432. The van der Waals surface area contributed by atoms with Crippen molar-refractivity contribution in [3.05, 3.63) is 95.8 Å². The molecule has 2 aromatic carbocycles. The highest BCUT2D eigenvalue weighted by Crippen LogP contribution is 2.20. The zero-order chi connectivity index (χ0) is 19.8. The number of rotatable bonds is 7. The maximum atomic E-state index is 12.8. The van der Waals surface area contributed by atoms with E-state index in [2.05, 4.69) is 22.5 Å². The number of aromatic nitrogens is 1. The lowest BCUT2D eigenvalue weighted by molar-refractivity contribution is 0.0933. The molecule has 1 atom stereocenters. The molecule has 1 heterocycles. The molecule has 28 heavy (non-hydrogen) atoms. The van der Waals surface area contributed by atoms with Crippen LogP contribution in [0.1, 0.15) is 52.1 Å². The van der Waals surface area contributed by atoms with Crippen molar-refractivity contribution in [1.82, 2.24) is 10.3 Å². The summed E-state index contributed by atoms with van der Waals surface area (Å²) in [6, 6.07) is 20.2. The van der Waals surface area contributed by atoms with Crippen molar-refractivity contribution in [2.45, 2.75) is 25.8 Å². The highest BCUT2D eigenvalue weighted by atomic mass is 16.2. The van der Waals surface area contributed by atoms with Crippen LogP contribution in [0.2, 0.25) is 0 Å². The second kappa shape index (κ2) is 9.46. The number of nitrogens with zero attached hydrogens (tertiary/aromatic N) is 1. The van der Waals surface area contributed by atoms with Gasteiger partial charge in [0.15, 0.2) is 0 Å². The van der Waals surface area contributed by atoms with Crippen LogP contribution in [0.25, 0.3) is 0 Å². The van der Waals surface area contributed by atoms with Gasteiger partial charge in [0.25, 0.3) is 11.8 Å². The van der Waals surface area contributed by atoms with E-state index >= 15 is 0 Å². The third kappa shape index (κ3) is 5.04. The Bertz CT molecular complexity index is 927. The average Bonchev–Trinajstić information content (AvgIpc) is 2.75. The molecule has 5 heteroatoms. The SMILES string of the molecule is CCCC(NC(=O)c1cccc(NC(=O)c2cccnc2)c1)c1ccccc1. The van der Waals surface area contributed by atoms with Crippen LogP contribution in [-0.4, -0.2) is 16.8 Å². The van der Waals surface area contributed by atoms with Crippen molar-refractivity contribution < 1.29 is 9.59 Å². The monoisotopic (exact) mass is 373 g/mol. The predicted octanol–water partition coefficient (Wildman–Crippen LogP) is 4.61. The fourth-order valence-electron chi connectivity index (χ4n) is 2.98. The van der Waals surface area contributed by atoms with Gasteiger partial charge in [-0.15, -0.1) is 0 Å². The minimum atomic E-state index is -0.265. The van der Waals surface area contributed by atoms with Gasteiger partial charge in [0.2, 0.25) is 0 Å². The van der Waals surface area contributed by atoms with Crippen LogP contribution in [0.4, 0.5) is 5.69 Å². The summed E-state index contributed by atoms with van der Waals surface area (Å²) >= 11 is 0. The lowest BCUT2D eigenvalue weighted by Gasteiger charge is -2.19. The molecule has 0 saturated carbocycles. The molecule has 1 unspecified atom stereocenters. The van der Waals surface area contributed by atoms with Crippen LogP contribution in [-0.2, 0) is 0 Å². The Morgan fingerprint density at radius 3 is 2.43 bits per heavy atom. The fraction of sp³-hybridized carbons (Fsp3) is 0.174. The third-order valence-corrected chi connectivity index (χ3v) is 4.39. The number of carbonyl (C=O) groups is 2. The van der Waals surface area contributed by atoms with Crippen molar-refractivity contribution in [2.24, 2.45) is 0 Å². The maximum absolute atomic E-state index is 12.8. The second-order valence-electron chi connectivity index (χ2n) is 6.50. The number of hydrogen-bond acceptors (Lipinski definition) is 3. The van der Waals surface area contributed by atoms with E-state index in [1.54, 1.807) is 42.6 Å². The molecule has 0 radical (unpaired) electrons. The molecular formula is C23H23N3O2. The molecule has 0 aliphatic heterocycles. The second-order valence-corrected chi connectivity index (χ2v) is 6.50. The van der Waals surface area contributed by atoms with Gasteiger partial charge in [-0.25, -0.2) is 0 Å². The Hall–Kier alpha value is -3.47. The number of pyridine rings is 1. The average molecular weight is 373 g/mol. The fourth-order valence-corrected chi connectivity index (χ4v) is 2.98. The largest absolute Gasteiger partial charge is 0.345 e. The number of nitrogens with one attached hydrogen (secondary N) is 2. The molecule has 142 valence electrons. The minimum absolute atomic E-state index is 0.0488. The summed E-state index contributed by atoms with van der Waals surface area (Å²) in [5, 5.41) is 5.91. The van der Waals surface area contributed by atoms with Crippen LogP contribution < -0.4 is 10.6 Å². The number of amides is 2. The molecule has 0 bridgehead atoms. The molecule has 2 amide bonds. The Balaban J connectivity index is 1.72. The summed E-state index contributed by atoms with van der Waals surface area (Å²) in [6.45, 7) is 2.09. The molecule has 1 aromatic heterocycles. The van der Waals surface area contributed by atoms with E-state index in [0.717, 1.165) is 18.4 Å². The van der Waals surface area contributed by atoms with Crippen molar-refractivity contribution >= 4 is 17.5 Å². The Kier molecular flexibility index (Phi) is 6.52. The molecular weight excluding hydrogens is 350 g/mol. The lowest BCUT2D eigenvalue weighted by atomic mass is 10.0. The van der Waals surface area contributed by atoms with E-state index in [1.165, 1.54) is 6.20 Å². The molecule has 0 aliphatic rings. The van der Waals surface area contributed by atoms with Crippen molar-refractivity contribution in [1.29, 1.82) is 0 Å². The first-order valence-electron chi connectivity index (χ1n) is 9.34. The number of benzene rings is 2. The van der Waals surface area contributed by atoms with Crippen molar-refractivity contribution in [2.75, 3.05) is 5.32 Å². The van der Waals surface area contributed by atoms with Gasteiger partial charge in [0.1, 0.15) is 0 Å². The lowest BCUT2D eigenvalue weighted by Crippen LogP contribution is -2.28. The zero-order valence-corrected chi connectivity index (χ0v) is 15.8. The standard InChI is InChI=1S/C23H23N3O2/c1-2-8-21(17-9-4-3-5-10-17)26-22(27)18-11-6-13-20(15-18)25-23(28)19-12-7-14-24-16-19/h3-7,9-16,21H,2,8H2,1H3,(H,25,28)(H,26,27). The first kappa shape index (κ1) is 19.3. The first-order chi connectivity index (χ1) is 13.7. The number of hydrogen-bond donors (Lipinski definition) is 2. The van der Waals surface area contributed by atoms with Crippen molar-refractivity contribution in [3.63, 3.8) is 0 Å². The normalized spacial score (nSPS) is 11.5. The first-order valence-corrected chi connectivity index (χ1v) is 9.34. The molecule has 5 nitrogen and oxygen atoms in total.